The quantitative estimate of drug-likeness (QED) is 0.933. The molecule has 1 fully saturated rings. The van der Waals surface area contributed by atoms with Crippen LogP contribution in [0.25, 0.3) is 0 Å². The summed E-state index contributed by atoms with van der Waals surface area (Å²) in [6.07, 6.45) is 0.393. The van der Waals surface area contributed by atoms with Gasteiger partial charge in [0.05, 0.1) is 6.04 Å². The molecular weight excluding hydrogens is 276 g/mol. The minimum atomic E-state index is -0.108. The molecule has 1 heterocycles. The lowest BCUT2D eigenvalue weighted by molar-refractivity contribution is -0.129. The van der Waals surface area contributed by atoms with Crippen molar-refractivity contribution in [2.75, 3.05) is 6.54 Å². The SMILES string of the molecule is CC(C)N1CC(NC(=O)c2ccc(C(C)(C)C)cc2)CC1=O. The molecule has 1 N–H and O–H groups in total. The van der Waals surface area contributed by atoms with Crippen molar-refractivity contribution in [2.24, 2.45) is 0 Å². The molecule has 0 aliphatic carbocycles. The molecule has 1 aromatic rings. The molecular formula is C18H26N2O2. The van der Waals surface area contributed by atoms with Gasteiger partial charge in [-0.1, -0.05) is 32.9 Å². The highest BCUT2D eigenvalue weighted by Gasteiger charge is 2.32. The van der Waals surface area contributed by atoms with E-state index in [1.54, 1.807) is 0 Å². The van der Waals surface area contributed by atoms with Crippen molar-refractivity contribution in [2.45, 2.75) is 58.5 Å². The molecule has 0 bridgehead atoms. The van der Waals surface area contributed by atoms with Crippen LogP contribution >= 0.6 is 0 Å². The van der Waals surface area contributed by atoms with Crippen molar-refractivity contribution in [3.05, 3.63) is 35.4 Å². The number of hydrogen-bond donors (Lipinski definition) is 1. The Morgan fingerprint density at radius 2 is 1.82 bits per heavy atom. The molecule has 1 aliphatic rings. The van der Waals surface area contributed by atoms with Gasteiger partial charge in [-0.3, -0.25) is 9.59 Å². The van der Waals surface area contributed by atoms with E-state index in [0.717, 1.165) is 0 Å². The Morgan fingerprint density at radius 1 is 1.23 bits per heavy atom. The van der Waals surface area contributed by atoms with Crippen molar-refractivity contribution in [3.8, 4) is 0 Å². The molecule has 0 aromatic heterocycles. The van der Waals surface area contributed by atoms with E-state index in [1.807, 2.05) is 43.0 Å². The molecule has 1 aromatic carbocycles. The standard InChI is InChI=1S/C18H26N2O2/c1-12(2)20-11-15(10-16(20)21)19-17(22)13-6-8-14(9-7-13)18(3,4)5/h6-9,12,15H,10-11H2,1-5H3,(H,19,22). The summed E-state index contributed by atoms with van der Waals surface area (Å²) in [4.78, 5) is 26.0. The second-order valence-electron chi connectivity index (χ2n) is 7.34. The van der Waals surface area contributed by atoms with Crippen LogP contribution in [0.15, 0.2) is 24.3 Å². The molecule has 2 rings (SSSR count). The number of likely N-dealkylation sites (tertiary alicyclic amines) is 1. The number of benzene rings is 1. The molecule has 4 heteroatoms. The molecule has 1 unspecified atom stereocenters. The molecule has 2 amide bonds. The first-order valence-electron chi connectivity index (χ1n) is 7.89. The summed E-state index contributed by atoms with van der Waals surface area (Å²) in [5, 5.41) is 2.97. The topological polar surface area (TPSA) is 49.4 Å². The third kappa shape index (κ3) is 3.67. The zero-order chi connectivity index (χ0) is 16.5. The van der Waals surface area contributed by atoms with Gasteiger partial charge in [0.1, 0.15) is 0 Å². The van der Waals surface area contributed by atoms with E-state index < -0.39 is 0 Å². The first-order chi connectivity index (χ1) is 10.2. The van der Waals surface area contributed by atoms with Crippen LogP contribution in [0.5, 0.6) is 0 Å². The van der Waals surface area contributed by atoms with Crippen LogP contribution in [0.3, 0.4) is 0 Å². The van der Waals surface area contributed by atoms with E-state index in [0.29, 0.717) is 18.5 Å². The lowest BCUT2D eigenvalue weighted by Crippen LogP contribution is -2.38. The Kier molecular flexibility index (Phi) is 4.59. The largest absolute Gasteiger partial charge is 0.347 e. The fourth-order valence-corrected chi connectivity index (χ4v) is 2.72. The van der Waals surface area contributed by atoms with Crippen molar-refractivity contribution < 1.29 is 9.59 Å². The van der Waals surface area contributed by atoms with Crippen molar-refractivity contribution in [1.29, 1.82) is 0 Å². The summed E-state index contributed by atoms with van der Waals surface area (Å²) in [5.41, 5.74) is 1.92. The zero-order valence-electron chi connectivity index (χ0n) is 14.1. The highest BCUT2D eigenvalue weighted by atomic mass is 16.2. The molecule has 1 atom stereocenters. The van der Waals surface area contributed by atoms with E-state index in [1.165, 1.54) is 5.56 Å². The molecule has 0 saturated carbocycles. The Labute approximate surface area is 132 Å². The van der Waals surface area contributed by atoms with Crippen molar-refractivity contribution >= 4 is 11.8 Å². The molecule has 0 radical (unpaired) electrons. The summed E-state index contributed by atoms with van der Waals surface area (Å²) in [6, 6.07) is 7.79. The predicted molar refractivity (Wildman–Crippen MR) is 87.9 cm³/mol. The maximum atomic E-state index is 12.3. The van der Waals surface area contributed by atoms with E-state index in [4.69, 9.17) is 0 Å². The van der Waals surface area contributed by atoms with Crippen LogP contribution in [-0.4, -0.2) is 35.3 Å². The van der Waals surface area contributed by atoms with Gasteiger partial charge in [-0.05, 0) is 37.0 Å². The highest BCUT2D eigenvalue weighted by molar-refractivity contribution is 5.95. The van der Waals surface area contributed by atoms with E-state index >= 15 is 0 Å². The van der Waals surface area contributed by atoms with Gasteiger partial charge in [0.2, 0.25) is 5.91 Å². The van der Waals surface area contributed by atoms with Crippen LogP contribution in [0.1, 0.15) is 57.0 Å². The predicted octanol–water partition coefficient (Wildman–Crippen LogP) is 2.72. The normalized spacial score (nSPS) is 18.9. The Hall–Kier alpha value is -1.84. The van der Waals surface area contributed by atoms with Crippen LogP contribution < -0.4 is 5.32 Å². The molecule has 120 valence electrons. The van der Waals surface area contributed by atoms with Crippen LogP contribution in [0.4, 0.5) is 0 Å². The second-order valence-corrected chi connectivity index (χ2v) is 7.34. The summed E-state index contributed by atoms with van der Waals surface area (Å²) >= 11 is 0. The monoisotopic (exact) mass is 302 g/mol. The van der Waals surface area contributed by atoms with E-state index in [-0.39, 0.29) is 29.3 Å². The molecule has 1 saturated heterocycles. The smallest absolute Gasteiger partial charge is 0.251 e. The van der Waals surface area contributed by atoms with Gasteiger partial charge in [-0.15, -0.1) is 0 Å². The Morgan fingerprint density at radius 3 is 2.27 bits per heavy atom. The van der Waals surface area contributed by atoms with Crippen LogP contribution in [0.2, 0.25) is 0 Å². The fourth-order valence-electron chi connectivity index (χ4n) is 2.72. The lowest BCUT2D eigenvalue weighted by Gasteiger charge is -2.21. The average molecular weight is 302 g/mol. The van der Waals surface area contributed by atoms with Gasteiger partial charge in [-0.25, -0.2) is 0 Å². The maximum absolute atomic E-state index is 12.3. The molecule has 1 aliphatic heterocycles. The highest BCUT2D eigenvalue weighted by Crippen LogP contribution is 2.22. The minimum absolute atomic E-state index is 0.0741. The number of nitrogens with one attached hydrogen (secondary N) is 1. The lowest BCUT2D eigenvalue weighted by atomic mass is 9.86. The minimum Gasteiger partial charge on any atom is -0.347 e. The molecule has 4 nitrogen and oxygen atoms in total. The number of hydrogen-bond acceptors (Lipinski definition) is 2. The summed E-state index contributed by atoms with van der Waals surface area (Å²) < 4.78 is 0. The van der Waals surface area contributed by atoms with Gasteiger partial charge >= 0.3 is 0 Å². The number of carbonyl (C=O) groups is 2. The summed E-state index contributed by atoms with van der Waals surface area (Å²) in [5.74, 6) is 0.00671. The molecule has 0 spiro atoms. The number of amides is 2. The fraction of sp³-hybridized carbons (Fsp3) is 0.556. The van der Waals surface area contributed by atoms with Gasteiger partial charge in [-0.2, -0.15) is 0 Å². The zero-order valence-corrected chi connectivity index (χ0v) is 14.1. The van der Waals surface area contributed by atoms with Gasteiger partial charge in [0.25, 0.3) is 5.91 Å². The number of carbonyl (C=O) groups excluding carboxylic acids is 2. The van der Waals surface area contributed by atoms with Gasteiger partial charge < -0.3 is 10.2 Å². The average Bonchev–Trinajstić information content (AvgIpc) is 2.79. The van der Waals surface area contributed by atoms with E-state index in [2.05, 4.69) is 26.1 Å². The summed E-state index contributed by atoms with van der Waals surface area (Å²) in [7, 11) is 0. The molecule has 22 heavy (non-hydrogen) atoms. The number of rotatable bonds is 3. The second kappa shape index (κ2) is 6.11. The van der Waals surface area contributed by atoms with Crippen LogP contribution in [-0.2, 0) is 10.2 Å². The van der Waals surface area contributed by atoms with Crippen LogP contribution in [0, 0.1) is 0 Å². The van der Waals surface area contributed by atoms with Crippen molar-refractivity contribution in [1.82, 2.24) is 10.2 Å². The van der Waals surface area contributed by atoms with Gasteiger partial charge in [0, 0.05) is 24.6 Å². The number of nitrogens with zero attached hydrogens (tertiary/aromatic N) is 1. The maximum Gasteiger partial charge on any atom is 0.251 e. The summed E-state index contributed by atoms with van der Waals surface area (Å²) in [6.45, 7) is 11.0. The van der Waals surface area contributed by atoms with Gasteiger partial charge in [0.15, 0.2) is 0 Å². The first-order valence-corrected chi connectivity index (χ1v) is 7.89. The third-order valence-corrected chi connectivity index (χ3v) is 4.13. The Bertz CT molecular complexity index is 555. The third-order valence-electron chi connectivity index (χ3n) is 4.13. The van der Waals surface area contributed by atoms with Crippen molar-refractivity contribution in [3.63, 3.8) is 0 Å². The van der Waals surface area contributed by atoms with E-state index in [9.17, 15) is 9.59 Å². The Balaban J connectivity index is 2.00. The first kappa shape index (κ1) is 16.5.